The Kier molecular flexibility index (Phi) is 4.74. The molecule has 0 radical (unpaired) electrons. The molecule has 1 N–H and O–H groups in total. The highest BCUT2D eigenvalue weighted by molar-refractivity contribution is 6.00. The molecular weight excluding hydrogens is 306 g/mol. The molecular formula is C18H19N3O3. The summed E-state index contributed by atoms with van der Waals surface area (Å²) in [5, 5.41) is 2.89. The van der Waals surface area contributed by atoms with E-state index in [1.54, 1.807) is 30.5 Å². The fourth-order valence-electron chi connectivity index (χ4n) is 2.75. The number of hydrogen-bond acceptors (Lipinski definition) is 4. The zero-order valence-corrected chi connectivity index (χ0v) is 13.4. The number of benzene rings is 1. The number of anilines is 1. The van der Waals surface area contributed by atoms with Crippen LogP contribution in [0, 0.1) is 5.92 Å². The molecule has 0 unspecified atom stereocenters. The zero-order valence-electron chi connectivity index (χ0n) is 13.4. The Balaban J connectivity index is 1.62. The number of carbonyl (C=O) groups excluding carboxylic acids is 2. The first kappa shape index (κ1) is 16.0. The van der Waals surface area contributed by atoms with Crippen LogP contribution in [0.2, 0.25) is 0 Å². The van der Waals surface area contributed by atoms with Crippen molar-refractivity contribution < 1.29 is 14.3 Å². The van der Waals surface area contributed by atoms with Gasteiger partial charge in [-0.3, -0.25) is 14.6 Å². The van der Waals surface area contributed by atoms with Crippen LogP contribution in [0.4, 0.5) is 5.69 Å². The predicted octanol–water partition coefficient (Wildman–Crippen LogP) is 1.76. The highest BCUT2D eigenvalue weighted by Gasteiger charge is 2.35. The summed E-state index contributed by atoms with van der Waals surface area (Å²) < 4.78 is 5.19. The first-order valence-electron chi connectivity index (χ1n) is 7.78. The van der Waals surface area contributed by atoms with Crippen LogP contribution >= 0.6 is 0 Å². The lowest BCUT2D eigenvalue weighted by Crippen LogP contribution is -2.32. The molecule has 1 aromatic carbocycles. The number of aromatic nitrogens is 1. The quantitative estimate of drug-likeness (QED) is 0.909. The smallest absolute Gasteiger partial charge is 0.227 e. The van der Waals surface area contributed by atoms with Crippen LogP contribution in [0.3, 0.4) is 0 Å². The van der Waals surface area contributed by atoms with E-state index in [0.717, 1.165) is 11.3 Å². The summed E-state index contributed by atoms with van der Waals surface area (Å²) in [4.78, 5) is 30.2. The highest BCUT2D eigenvalue weighted by atomic mass is 16.5. The third-order valence-electron chi connectivity index (χ3n) is 4.08. The van der Waals surface area contributed by atoms with E-state index in [1.165, 1.54) is 0 Å². The molecule has 2 amide bonds. The molecule has 0 spiro atoms. The summed E-state index contributed by atoms with van der Waals surface area (Å²) >= 11 is 0. The van der Waals surface area contributed by atoms with Crippen molar-refractivity contribution in [1.29, 1.82) is 0 Å². The van der Waals surface area contributed by atoms with E-state index in [9.17, 15) is 9.59 Å². The predicted molar refractivity (Wildman–Crippen MR) is 89.5 cm³/mol. The van der Waals surface area contributed by atoms with Crippen LogP contribution in [-0.2, 0) is 16.1 Å². The molecule has 6 nitrogen and oxygen atoms in total. The second kappa shape index (κ2) is 7.12. The summed E-state index contributed by atoms with van der Waals surface area (Å²) in [5.41, 5.74) is 1.73. The number of pyridine rings is 1. The average molecular weight is 325 g/mol. The number of carbonyl (C=O) groups is 2. The summed E-state index contributed by atoms with van der Waals surface area (Å²) in [5.74, 6) is 0.189. The van der Waals surface area contributed by atoms with Crippen molar-refractivity contribution in [2.75, 3.05) is 18.6 Å². The minimum Gasteiger partial charge on any atom is -0.497 e. The van der Waals surface area contributed by atoms with Gasteiger partial charge in [0.25, 0.3) is 0 Å². The van der Waals surface area contributed by atoms with Crippen molar-refractivity contribution in [2.24, 2.45) is 5.92 Å². The van der Waals surface area contributed by atoms with Gasteiger partial charge in [-0.1, -0.05) is 6.07 Å². The van der Waals surface area contributed by atoms with Gasteiger partial charge in [-0.25, -0.2) is 0 Å². The maximum atomic E-state index is 12.3. The number of hydrogen-bond donors (Lipinski definition) is 1. The van der Waals surface area contributed by atoms with Gasteiger partial charge in [0.15, 0.2) is 0 Å². The highest BCUT2D eigenvalue weighted by Crippen LogP contribution is 2.27. The molecule has 1 aliphatic heterocycles. The van der Waals surface area contributed by atoms with Crippen molar-refractivity contribution in [2.45, 2.75) is 13.0 Å². The molecule has 24 heavy (non-hydrogen) atoms. The van der Waals surface area contributed by atoms with Gasteiger partial charge in [0.2, 0.25) is 11.8 Å². The molecule has 3 rings (SSSR count). The van der Waals surface area contributed by atoms with E-state index in [1.807, 2.05) is 30.3 Å². The Morgan fingerprint density at radius 3 is 2.88 bits per heavy atom. The van der Waals surface area contributed by atoms with Gasteiger partial charge >= 0.3 is 0 Å². The van der Waals surface area contributed by atoms with Crippen molar-refractivity contribution in [1.82, 2.24) is 10.3 Å². The van der Waals surface area contributed by atoms with Crippen molar-refractivity contribution in [3.8, 4) is 5.75 Å². The number of nitrogens with zero attached hydrogens (tertiary/aromatic N) is 2. The van der Waals surface area contributed by atoms with Crippen LogP contribution in [-0.4, -0.2) is 30.5 Å². The lowest BCUT2D eigenvalue weighted by Gasteiger charge is -2.17. The molecule has 0 saturated carbocycles. The van der Waals surface area contributed by atoms with E-state index in [4.69, 9.17) is 4.74 Å². The number of ether oxygens (including phenoxy) is 1. The maximum Gasteiger partial charge on any atom is 0.227 e. The van der Waals surface area contributed by atoms with Crippen molar-refractivity contribution >= 4 is 17.5 Å². The number of rotatable bonds is 5. The van der Waals surface area contributed by atoms with Gasteiger partial charge in [-0.05, 0) is 29.8 Å². The fourth-order valence-corrected chi connectivity index (χ4v) is 2.75. The molecule has 2 heterocycles. The standard InChI is InChI=1S/C18H19N3O3/c1-24-16-4-2-3-15(10-16)21-12-14(9-17(21)22)18(23)20-11-13-5-7-19-8-6-13/h2-8,10,14H,9,11-12H2,1H3,(H,20,23)/t14-/m0/s1. The monoisotopic (exact) mass is 325 g/mol. The molecule has 124 valence electrons. The normalized spacial score (nSPS) is 17.0. The van der Waals surface area contributed by atoms with Crippen LogP contribution in [0.25, 0.3) is 0 Å². The van der Waals surface area contributed by atoms with Crippen LogP contribution in [0.15, 0.2) is 48.8 Å². The van der Waals surface area contributed by atoms with Gasteiger partial charge in [0.05, 0.1) is 13.0 Å². The lowest BCUT2D eigenvalue weighted by molar-refractivity contribution is -0.126. The zero-order chi connectivity index (χ0) is 16.9. The molecule has 6 heteroatoms. The minimum atomic E-state index is -0.342. The molecule has 1 saturated heterocycles. The van der Waals surface area contributed by atoms with E-state index in [0.29, 0.717) is 18.8 Å². The van der Waals surface area contributed by atoms with E-state index in [2.05, 4.69) is 10.3 Å². The summed E-state index contributed by atoms with van der Waals surface area (Å²) in [7, 11) is 1.58. The first-order valence-corrected chi connectivity index (χ1v) is 7.78. The van der Waals surface area contributed by atoms with E-state index >= 15 is 0 Å². The number of methoxy groups -OCH3 is 1. The van der Waals surface area contributed by atoms with Gasteiger partial charge in [-0.2, -0.15) is 0 Å². The summed E-state index contributed by atoms with van der Waals surface area (Å²) in [6.45, 7) is 0.819. The number of nitrogens with one attached hydrogen (secondary N) is 1. The fraction of sp³-hybridized carbons (Fsp3) is 0.278. The Bertz CT molecular complexity index is 733. The first-order chi connectivity index (χ1) is 11.7. The Morgan fingerprint density at radius 1 is 1.33 bits per heavy atom. The van der Waals surface area contributed by atoms with Gasteiger partial charge < -0.3 is 15.0 Å². The molecule has 1 fully saturated rings. The van der Waals surface area contributed by atoms with E-state index in [-0.39, 0.29) is 24.2 Å². The molecule has 0 aliphatic carbocycles. The molecule has 1 aromatic heterocycles. The van der Waals surface area contributed by atoms with Gasteiger partial charge in [0, 0.05) is 43.7 Å². The maximum absolute atomic E-state index is 12.3. The minimum absolute atomic E-state index is 0.0488. The number of amides is 2. The molecule has 2 aromatic rings. The third kappa shape index (κ3) is 3.53. The largest absolute Gasteiger partial charge is 0.497 e. The summed E-state index contributed by atoms with van der Waals surface area (Å²) in [6.07, 6.45) is 3.59. The summed E-state index contributed by atoms with van der Waals surface area (Å²) in [6, 6.07) is 11.0. The van der Waals surface area contributed by atoms with Crippen molar-refractivity contribution in [3.63, 3.8) is 0 Å². The Labute approximate surface area is 140 Å². The second-order valence-corrected chi connectivity index (χ2v) is 5.68. The second-order valence-electron chi connectivity index (χ2n) is 5.68. The van der Waals surface area contributed by atoms with Gasteiger partial charge in [0.1, 0.15) is 5.75 Å². The van der Waals surface area contributed by atoms with Crippen LogP contribution < -0.4 is 15.0 Å². The Morgan fingerprint density at radius 2 is 2.12 bits per heavy atom. The van der Waals surface area contributed by atoms with Crippen LogP contribution in [0.1, 0.15) is 12.0 Å². The van der Waals surface area contributed by atoms with E-state index < -0.39 is 0 Å². The molecule has 1 atom stereocenters. The SMILES string of the molecule is COc1cccc(N2C[C@@H](C(=O)NCc3ccncc3)CC2=O)c1. The van der Waals surface area contributed by atoms with Gasteiger partial charge in [-0.15, -0.1) is 0 Å². The Hall–Kier alpha value is -2.89. The van der Waals surface area contributed by atoms with Crippen molar-refractivity contribution in [3.05, 3.63) is 54.4 Å². The topological polar surface area (TPSA) is 71.5 Å². The van der Waals surface area contributed by atoms with Crippen LogP contribution in [0.5, 0.6) is 5.75 Å². The lowest BCUT2D eigenvalue weighted by atomic mass is 10.1. The molecule has 1 aliphatic rings. The average Bonchev–Trinajstić information content (AvgIpc) is 3.02. The molecule has 0 bridgehead atoms. The third-order valence-corrected chi connectivity index (χ3v) is 4.08.